The largest absolute Gasteiger partial charge is 0.327 e. The molecule has 0 bridgehead atoms. The molecule has 2 rings (SSSR count). The first kappa shape index (κ1) is 17.5. The van der Waals surface area contributed by atoms with E-state index in [9.17, 15) is 9.59 Å². The number of amides is 2. The van der Waals surface area contributed by atoms with Crippen molar-refractivity contribution in [1.29, 1.82) is 0 Å². The van der Waals surface area contributed by atoms with E-state index in [0.29, 0.717) is 18.7 Å². The number of anilines is 2. The first-order valence-corrected chi connectivity index (χ1v) is 6.96. The zero-order valence-corrected chi connectivity index (χ0v) is 13.2. The third kappa shape index (κ3) is 3.95. The van der Waals surface area contributed by atoms with Crippen LogP contribution in [-0.4, -0.2) is 24.4 Å². The Morgan fingerprint density at radius 3 is 2.57 bits per heavy atom. The van der Waals surface area contributed by atoms with Gasteiger partial charge in [-0.25, -0.2) is 0 Å². The molecule has 1 aliphatic heterocycles. The van der Waals surface area contributed by atoms with Gasteiger partial charge in [0.25, 0.3) is 0 Å². The Balaban J connectivity index is 0.00000220. The van der Waals surface area contributed by atoms with E-state index in [-0.39, 0.29) is 36.2 Å². The molecule has 0 spiro atoms. The summed E-state index contributed by atoms with van der Waals surface area (Å²) in [6.07, 6.45) is 1.43. The Morgan fingerprint density at radius 2 is 2.00 bits per heavy atom. The van der Waals surface area contributed by atoms with Crippen molar-refractivity contribution in [3.05, 3.63) is 24.3 Å². The van der Waals surface area contributed by atoms with Gasteiger partial charge >= 0.3 is 0 Å². The molecule has 21 heavy (non-hydrogen) atoms. The molecular weight excluding hydrogens is 290 g/mol. The molecule has 1 aliphatic rings. The predicted octanol–water partition coefficient (Wildman–Crippen LogP) is 2.16. The smallest absolute Gasteiger partial charge is 0.228 e. The maximum atomic E-state index is 12.1. The van der Waals surface area contributed by atoms with Crippen molar-refractivity contribution >= 4 is 35.6 Å². The highest BCUT2D eigenvalue weighted by molar-refractivity contribution is 6.02. The number of para-hydroxylation sites is 2. The van der Waals surface area contributed by atoms with Crippen LogP contribution in [0.3, 0.4) is 0 Å². The van der Waals surface area contributed by atoms with E-state index in [2.05, 4.69) is 5.32 Å². The van der Waals surface area contributed by atoms with E-state index < -0.39 is 0 Å². The highest BCUT2D eigenvalue weighted by Crippen LogP contribution is 2.29. The Hall–Kier alpha value is -1.59. The van der Waals surface area contributed by atoms with Gasteiger partial charge in [0.2, 0.25) is 11.8 Å². The number of nitrogens with one attached hydrogen (secondary N) is 1. The van der Waals surface area contributed by atoms with Gasteiger partial charge in [0.1, 0.15) is 0 Å². The normalized spacial score (nSPS) is 17.1. The number of carbonyl (C=O) groups is 2. The van der Waals surface area contributed by atoms with Crippen molar-refractivity contribution < 1.29 is 9.59 Å². The monoisotopic (exact) mass is 311 g/mol. The van der Waals surface area contributed by atoms with Crippen LogP contribution in [0.15, 0.2) is 24.3 Å². The SMILES string of the molecule is CC(N)C(C)C(=O)Nc1ccccc1N1CCCC1=O.Cl. The highest BCUT2D eigenvalue weighted by Gasteiger charge is 2.25. The molecule has 3 N–H and O–H groups in total. The topological polar surface area (TPSA) is 75.4 Å². The summed E-state index contributed by atoms with van der Waals surface area (Å²) in [6, 6.07) is 7.17. The lowest BCUT2D eigenvalue weighted by Crippen LogP contribution is -2.35. The summed E-state index contributed by atoms with van der Waals surface area (Å²) in [5.41, 5.74) is 7.18. The van der Waals surface area contributed by atoms with Crippen molar-refractivity contribution in [1.82, 2.24) is 0 Å². The number of carbonyl (C=O) groups excluding carboxylic acids is 2. The Bertz CT molecular complexity index is 519. The number of hydrogen-bond acceptors (Lipinski definition) is 3. The molecule has 2 amide bonds. The number of nitrogens with zero attached hydrogens (tertiary/aromatic N) is 1. The molecule has 2 atom stereocenters. The second-order valence-corrected chi connectivity index (χ2v) is 5.30. The molecule has 5 nitrogen and oxygen atoms in total. The molecule has 0 radical (unpaired) electrons. The van der Waals surface area contributed by atoms with E-state index in [1.165, 1.54) is 0 Å². The fraction of sp³-hybridized carbons (Fsp3) is 0.467. The van der Waals surface area contributed by atoms with Gasteiger partial charge in [-0.2, -0.15) is 0 Å². The quantitative estimate of drug-likeness (QED) is 0.894. The lowest BCUT2D eigenvalue weighted by Gasteiger charge is -2.21. The number of benzene rings is 1. The molecule has 1 heterocycles. The van der Waals surface area contributed by atoms with Crippen molar-refractivity contribution in [2.45, 2.75) is 32.7 Å². The summed E-state index contributed by atoms with van der Waals surface area (Å²) in [5.74, 6) is -0.302. The van der Waals surface area contributed by atoms with Crippen LogP contribution in [0.5, 0.6) is 0 Å². The molecule has 1 aromatic carbocycles. The third-order valence-electron chi connectivity index (χ3n) is 3.73. The summed E-state index contributed by atoms with van der Waals surface area (Å²) in [5, 5.41) is 2.88. The lowest BCUT2D eigenvalue weighted by atomic mass is 10.0. The molecule has 0 saturated carbocycles. The number of halogens is 1. The summed E-state index contributed by atoms with van der Waals surface area (Å²) < 4.78 is 0. The zero-order chi connectivity index (χ0) is 14.7. The standard InChI is InChI=1S/C15H21N3O2.ClH/c1-10(11(2)16)15(20)17-12-6-3-4-7-13(12)18-9-5-8-14(18)19;/h3-4,6-7,10-11H,5,8-9,16H2,1-2H3,(H,17,20);1H. The van der Waals surface area contributed by atoms with Gasteiger partial charge < -0.3 is 16.0 Å². The fourth-order valence-electron chi connectivity index (χ4n) is 2.20. The van der Waals surface area contributed by atoms with Crippen LogP contribution in [0.25, 0.3) is 0 Å². The van der Waals surface area contributed by atoms with Crippen LogP contribution in [0.2, 0.25) is 0 Å². The van der Waals surface area contributed by atoms with Crippen molar-refractivity contribution in [3.8, 4) is 0 Å². The minimum Gasteiger partial charge on any atom is -0.327 e. The predicted molar refractivity (Wildman–Crippen MR) is 86.7 cm³/mol. The molecule has 2 unspecified atom stereocenters. The Kier molecular flexibility index (Phi) is 6.18. The van der Waals surface area contributed by atoms with Gasteiger partial charge in [0, 0.05) is 19.0 Å². The summed E-state index contributed by atoms with van der Waals surface area (Å²) >= 11 is 0. The first-order chi connectivity index (χ1) is 9.50. The first-order valence-electron chi connectivity index (χ1n) is 6.96. The van der Waals surface area contributed by atoms with Gasteiger partial charge in [-0.3, -0.25) is 9.59 Å². The van der Waals surface area contributed by atoms with Crippen LogP contribution in [0.4, 0.5) is 11.4 Å². The number of rotatable bonds is 4. The maximum absolute atomic E-state index is 12.1. The molecule has 1 aromatic rings. The van der Waals surface area contributed by atoms with Crippen LogP contribution in [0, 0.1) is 5.92 Å². The van der Waals surface area contributed by atoms with Gasteiger partial charge in [-0.1, -0.05) is 19.1 Å². The van der Waals surface area contributed by atoms with Crippen LogP contribution < -0.4 is 16.0 Å². The summed E-state index contributed by atoms with van der Waals surface area (Å²) in [4.78, 5) is 25.7. The van der Waals surface area contributed by atoms with E-state index >= 15 is 0 Å². The maximum Gasteiger partial charge on any atom is 0.228 e. The Labute approximate surface area is 131 Å². The van der Waals surface area contributed by atoms with Crippen molar-refractivity contribution in [3.63, 3.8) is 0 Å². The minimum atomic E-state index is -0.280. The van der Waals surface area contributed by atoms with Gasteiger partial charge in [-0.05, 0) is 25.5 Å². The molecule has 6 heteroatoms. The van der Waals surface area contributed by atoms with Crippen LogP contribution in [-0.2, 0) is 9.59 Å². The third-order valence-corrected chi connectivity index (χ3v) is 3.73. The van der Waals surface area contributed by atoms with E-state index in [1.54, 1.807) is 18.7 Å². The average Bonchev–Trinajstić information content (AvgIpc) is 2.84. The number of nitrogens with two attached hydrogens (primary N) is 1. The molecule has 0 aliphatic carbocycles. The van der Waals surface area contributed by atoms with Crippen LogP contribution in [0.1, 0.15) is 26.7 Å². The van der Waals surface area contributed by atoms with Gasteiger partial charge in [-0.15, -0.1) is 12.4 Å². The summed E-state index contributed by atoms with van der Waals surface area (Å²) in [7, 11) is 0. The fourth-order valence-corrected chi connectivity index (χ4v) is 2.20. The van der Waals surface area contributed by atoms with E-state index in [1.807, 2.05) is 24.3 Å². The lowest BCUT2D eigenvalue weighted by molar-refractivity contribution is -0.120. The van der Waals surface area contributed by atoms with E-state index in [0.717, 1.165) is 12.1 Å². The second-order valence-electron chi connectivity index (χ2n) is 5.30. The highest BCUT2D eigenvalue weighted by atomic mass is 35.5. The molecule has 1 fully saturated rings. The summed E-state index contributed by atoms with van der Waals surface area (Å²) in [6.45, 7) is 4.30. The number of hydrogen-bond donors (Lipinski definition) is 2. The molecule has 0 aromatic heterocycles. The second kappa shape index (κ2) is 7.43. The molecule has 116 valence electrons. The van der Waals surface area contributed by atoms with Gasteiger partial charge in [0.05, 0.1) is 17.3 Å². The van der Waals surface area contributed by atoms with E-state index in [4.69, 9.17) is 5.73 Å². The van der Waals surface area contributed by atoms with Gasteiger partial charge in [0.15, 0.2) is 0 Å². The van der Waals surface area contributed by atoms with Crippen molar-refractivity contribution in [2.75, 3.05) is 16.8 Å². The minimum absolute atomic E-state index is 0. The average molecular weight is 312 g/mol. The molecular formula is C15H22ClN3O2. The Morgan fingerprint density at radius 1 is 1.33 bits per heavy atom. The zero-order valence-electron chi connectivity index (χ0n) is 12.3. The van der Waals surface area contributed by atoms with Crippen LogP contribution >= 0.6 is 12.4 Å². The van der Waals surface area contributed by atoms with Crippen molar-refractivity contribution in [2.24, 2.45) is 11.7 Å². The molecule has 1 saturated heterocycles.